The summed E-state index contributed by atoms with van der Waals surface area (Å²) in [6.07, 6.45) is -4.53. The third-order valence-electron chi connectivity index (χ3n) is 4.53. The van der Waals surface area contributed by atoms with Crippen LogP contribution >= 0.6 is 0 Å². The van der Waals surface area contributed by atoms with Crippen LogP contribution in [-0.4, -0.2) is 87.6 Å². The Labute approximate surface area is 165 Å². The SMILES string of the molecule is Cc1ccc(S(=O)(=O)NC[C@H]2O[C@@H](CC(=O)NCCN(C)C)[C@H](O)[C@@H]2O)cc1. The van der Waals surface area contributed by atoms with Crippen molar-refractivity contribution in [2.45, 2.75) is 42.7 Å². The summed E-state index contributed by atoms with van der Waals surface area (Å²) >= 11 is 0. The molecule has 0 aliphatic carbocycles. The maximum Gasteiger partial charge on any atom is 0.240 e. The zero-order chi connectivity index (χ0) is 20.9. The molecule has 28 heavy (non-hydrogen) atoms. The molecule has 9 nitrogen and oxygen atoms in total. The quantitative estimate of drug-likeness (QED) is 0.400. The summed E-state index contributed by atoms with van der Waals surface area (Å²) in [7, 11) is -0.00573. The summed E-state index contributed by atoms with van der Waals surface area (Å²) < 4.78 is 32.6. The first-order valence-electron chi connectivity index (χ1n) is 9.09. The Morgan fingerprint density at radius 2 is 1.75 bits per heavy atom. The van der Waals surface area contributed by atoms with E-state index in [1.807, 2.05) is 25.9 Å². The molecule has 0 unspecified atom stereocenters. The van der Waals surface area contributed by atoms with Crippen LogP contribution in [0.15, 0.2) is 29.2 Å². The first-order chi connectivity index (χ1) is 13.1. The highest BCUT2D eigenvalue weighted by Crippen LogP contribution is 2.23. The van der Waals surface area contributed by atoms with E-state index in [1.165, 1.54) is 12.1 Å². The van der Waals surface area contributed by atoms with Crippen LogP contribution in [0.2, 0.25) is 0 Å². The van der Waals surface area contributed by atoms with Crippen molar-refractivity contribution < 1.29 is 28.2 Å². The summed E-state index contributed by atoms with van der Waals surface area (Å²) in [6, 6.07) is 6.34. The molecular weight excluding hydrogens is 386 g/mol. The van der Waals surface area contributed by atoms with Gasteiger partial charge in [0.25, 0.3) is 0 Å². The Morgan fingerprint density at radius 1 is 1.14 bits per heavy atom. The summed E-state index contributed by atoms with van der Waals surface area (Å²) in [5, 5.41) is 23.0. The number of likely N-dealkylation sites (N-methyl/N-ethyl adjacent to an activating group) is 1. The lowest BCUT2D eigenvalue weighted by Gasteiger charge is -2.16. The van der Waals surface area contributed by atoms with E-state index in [2.05, 4.69) is 10.0 Å². The van der Waals surface area contributed by atoms with Crippen LogP contribution in [0.3, 0.4) is 0 Å². The molecule has 1 aromatic rings. The molecule has 10 heteroatoms. The number of aliphatic hydroxyl groups excluding tert-OH is 2. The number of hydrogen-bond acceptors (Lipinski definition) is 7. The molecule has 0 radical (unpaired) electrons. The standard InChI is InChI=1S/C18H29N3O6S/c1-12-4-6-13(7-5-12)28(25,26)20-11-15-18(24)17(23)14(27-15)10-16(22)19-8-9-21(2)3/h4-7,14-15,17-18,20,23-24H,8-11H2,1-3H3,(H,19,22)/t14-,15+,17-,18+/m0/s1. The maximum absolute atomic E-state index is 12.3. The van der Waals surface area contributed by atoms with E-state index in [1.54, 1.807) is 12.1 Å². The number of sulfonamides is 1. The van der Waals surface area contributed by atoms with Crippen molar-refractivity contribution >= 4 is 15.9 Å². The molecule has 158 valence electrons. The Morgan fingerprint density at radius 3 is 2.36 bits per heavy atom. The minimum Gasteiger partial charge on any atom is -0.388 e. The summed E-state index contributed by atoms with van der Waals surface area (Å²) in [5.41, 5.74) is 0.934. The zero-order valence-corrected chi connectivity index (χ0v) is 17.1. The van der Waals surface area contributed by atoms with E-state index in [4.69, 9.17) is 4.74 Å². The fourth-order valence-corrected chi connectivity index (χ4v) is 3.87. The van der Waals surface area contributed by atoms with Gasteiger partial charge < -0.3 is 25.2 Å². The molecular formula is C18H29N3O6S. The van der Waals surface area contributed by atoms with Crippen LogP contribution in [0.1, 0.15) is 12.0 Å². The molecule has 0 aromatic heterocycles. The van der Waals surface area contributed by atoms with Gasteiger partial charge in [0.05, 0.1) is 17.4 Å². The van der Waals surface area contributed by atoms with Gasteiger partial charge in [-0.15, -0.1) is 0 Å². The Bertz CT molecular complexity index is 753. The lowest BCUT2D eigenvalue weighted by Crippen LogP contribution is -2.40. The molecule has 1 aliphatic heterocycles. The van der Waals surface area contributed by atoms with Gasteiger partial charge in [0.15, 0.2) is 0 Å². The molecule has 0 saturated carbocycles. The van der Waals surface area contributed by atoms with Crippen molar-refractivity contribution in [3.8, 4) is 0 Å². The zero-order valence-electron chi connectivity index (χ0n) is 16.3. The predicted octanol–water partition coefficient (Wildman–Crippen LogP) is -1.17. The van der Waals surface area contributed by atoms with Gasteiger partial charge in [-0.1, -0.05) is 17.7 Å². The molecule has 2 rings (SSSR count). The topological polar surface area (TPSA) is 128 Å². The van der Waals surface area contributed by atoms with Crippen LogP contribution in [-0.2, 0) is 19.6 Å². The van der Waals surface area contributed by atoms with E-state index in [9.17, 15) is 23.4 Å². The molecule has 1 amide bonds. The second-order valence-electron chi connectivity index (χ2n) is 7.22. The van der Waals surface area contributed by atoms with Crippen LogP contribution in [0.25, 0.3) is 0 Å². The van der Waals surface area contributed by atoms with E-state index >= 15 is 0 Å². The number of amides is 1. The molecule has 4 N–H and O–H groups in total. The normalized spacial score (nSPS) is 25.2. The van der Waals surface area contributed by atoms with Gasteiger partial charge in [-0.2, -0.15) is 0 Å². The Balaban J connectivity index is 1.88. The highest BCUT2D eigenvalue weighted by molar-refractivity contribution is 7.89. The van der Waals surface area contributed by atoms with Crippen LogP contribution in [0.5, 0.6) is 0 Å². The van der Waals surface area contributed by atoms with Crippen molar-refractivity contribution in [2.24, 2.45) is 0 Å². The van der Waals surface area contributed by atoms with Gasteiger partial charge in [-0.25, -0.2) is 13.1 Å². The number of benzene rings is 1. The Hall–Kier alpha value is -1.56. The number of nitrogens with zero attached hydrogens (tertiary/aromatic N) is 1. The monoisotopic (exact) mass is 415 g/mol. The minimum atomic E-state index is -3.77. The number of aliphatic hydroxyl groups is 2. The number of ether oxygens (including phenoxy) is 1. The smallest absolute Gasteiger partial charge is 0.240 e. The average molecular weight is 416 g/mol. The van der Waals surface area contributed by atoms with Crippen LogP contribution < -0.4 is 10.0 Å². The summed E-state index contributed by atoms with van der Waals surface area (Å²) in [6.45, 7) is 2.76. The van der Waals surface area contributed by atoms with Crippen molar-refractivity contribution in [3.63, 3.8) is 0 Å². The number of hydrogen-bond donors (Lipinski definition) is 4. The molecule has 1 heterocycles. The van der Waals surface area contributed by atoms with Gasteiger partial charge in [0.2, 0.25) is 15.9 Å². The van der Waals surface area contributed by atoms with Gasteiger partial charge >= 0.3 is 0 Å². The first-order valence-corrected chi connectivity index (χ1v) is 10.6. The number of nitrogens with one attached hydrogen (secondary N) is 2. The van der Waals surface area contributed by atoms with Gasteiger partial charge in [-0.05, 0) is 33.2 Å². The van der Waals surface area contributed by atoms with Crippen molar-refractivity contribution in [2.75, 3.05) is 33.7 Å². The summed E-state index contributed by atoms with van der Waals surface area (Å²) in [4.78, 5) is 14.0. The molecule has 0 bridgehead atoms. The van der Waals surface area contributed by atoms with Gasteiger partial charge in [-0.3, -0.25) is 4.79 Å². The highest BCUT2D eigenvalue weighted by Gasteiger charge is 2.43. The molecule has 1 aliphatic rings. The summed E-state index contributed by atoms with van der Waals surface area (Å²) in [5.74, 6) is -0.306. The second-order valence-corrected chi connectivity index (χ2v) is 8.98. The van der Waals surface area contributed by atoms with Crippen LogP contribution in [0, 0.1) is 6.92 Å². The predicted molar refractivity (Wildman–Crippen MR) is 103 cm³/mol. The van der Waals surface area contributed by atoms with Gasteiger partial charge in [0, 0.05) is 19.6 Å². The number of rotatable bonds is 9. The van der Waals surface area contributed by atoms with Crippen molar-refractivity contribution in [1.82, 2.24) is 14.9 Å². The highest BCUT2D eigenvalue weighted by atomic mass is 32.2. The lowest BCUT2D eigenvalue weighted by atomic mass is 10.1. The third-order valence-corrected chi connectivity index (χ3v) is 5.97. The fourth-order valence-electron chi connectivity index (χ4n) is 2.83. The van der Waals surface area contributed by atoms with E-state index in [0.29, 0.717) is 13.1 Å². The maximum atomic E-state index is 12.3. The van der Waals surface area contributed by atoms with Crippen molar-refractivity contribution in [1.29, 1.82) is 0 Å². The van der Waals surface area contributed by atoms with Gasteiger partial charge in [0.1, 0.15) is 18.3 Å². The van der Waals surface area contributed by atoms with Crippen molar-refractivity contribution in [3.05, 3.63) is 29.8 Å². The fraction of sp³-hybridized carbons (Fsp3) is 0.611. The first kappa shape index (κ1) is 22.7. The molecule has 0 spiro atoms. The molecule has 1 fully saturated rings. The van der Waals surface area contributed by atoms with E-state index in [-0.39, 0.29) is 23.8 Å². The minimum absolute atomic E-state index is 0.1000. The lowest BCUT2D eigenvalue weighted by molar-refractivity contribution is -0.125. The second kappa shape index (κ2) is 9.77. The largest absolute Gasteiger partial charge is 0.388 e. The van der Waals surface area contributed by atoms with Crippen LogP contribution in [0.4, 0.5) is 0 Å². The average Bonchev–Trinajstić information content (AvgIpc) is 2.88. The third kappa shape index (κ3) is 6.23. The Kier molecular flexibility index (Phi) is 7.93. The molecule has 4 atom stereocenters. The number of carbonyl (C=O) groups is 1. The van der Waals surface area contributed by atoms with E-state index < -0.39 is 34.4 Å². The molecule has 1 aromatic carbocycles. The number of aryl methyl sites for hydroxylation is 1. The van der Waals surface area contributed by atoms with E-state index in [0.717, 1.165) is 5.56 Å². The molecule has 1 saturated heterocycles. The number of carbonyl (C=O) groups excluding carboxylic acids is 1.